The molecule has 0 bridgehead atoms. The predicted molar refractivity (Wildman–Crippen MR) is 101 cm³/mol. The minimum absolute atomic E-state index is 0.00153. The van der Waals surface area contributed by atoms with E-state index >= 15 is 0 Å². The van der Waals surface area contributed by atoms with Crippen LogP contribution in [0.1, 0.15) is 39.4 Å². The molecule has 3 rings (SSSR count). The van der Waals surface area contributed by atoms with E-state index < -0.39 is 35.0 Å². The van der Waals surface area contributed by atoms with E-state index in [1.165, 1.54) is 18.3 Å². The van der Waals surface area contributed by atoms with Gasteiger partial charge in [0.1, 0.15) is 5.69 Å². The third kappa shape index (κ3) is 4.60. The van der Waals surface area contributed by atoms with Crippen LogP contribution in [0.2, 0.25) is 0 Å². The van der Waals surface area contributed by atoms with Crippen LogP contribution in [-0.2, 0) is 0 Å². The summed E-state index contributed by atoms with van der Waals surface area (Å²) in [5, 5.41) is 4.91. The number of anilines is 1. The number of nitrogens with zero attached hydrogens (tertiary/aromatic N) is 1. The van der Waals surface area contributed by atoms with Crippen molar-refractivity contribution in [1.82, 2.24) is 10.3 Å². The van der Waals surface area contributed by atoms with Gasteiger partial charge in [-0.25, -0.2) is 13.2 Å². The molecular weight excluding hydrogens is 383 g/mol. The van der Waals surface area contributed by atoms with Gasteiger partial charge in [-0.05, 0) is 36.8 Å². The lowest BCUT2D eigenvalue weighted by Crippen LogP contribution is -2.27. The summed E-state index contributed by atoms with van der Waals surface area (Å²) < 4.78 is 40.1. The lowest BCUT2D eigenvalue weighted by atomic mass is 10.1. The van der Waals surface area contributed by atoms with Crippen LogP contribution in [-0.4, -0.2) is 16.8 Å². The van der Waals surface area contributed by atoms with E-state index in [1.54, 1.807) is 6.92 Å². The first-order valence-electron chi connectivity index (χ1n) is 8.63. The number of carbonyl (C=O) groups excluding carboxylic acids is 2. The molecule has 0 aliphatic heterocycles. The van der Waals surface area contributed by atoms with E-state index in [2.05, 4.69) is 15.6 Å². The van der Waals surface area contributed by atoms with E-state index in [9.17, 15) is 22.8 Å². The van der Waals surface area contributed by atoms with Crippen molar-refractivity contribution in [1.29, 1.82) is 0 Å². The monoisotopic (exact) mass is 399 g/mol. The Morgan fingerprint density at radius 3 is 2.38 bits per heavy atom. The summed E-state index contributed by atoms with van der Waals surface area (Å²) in [6, 6.07) is 13.1. The van der Waals surface area contributed by atoms with Crippen LogP contribution in [0.5, 0.6) is 0 Å². The van der Waals surface area contributed by atoms with Gasteiger partial charge >= 0.3 is 0 Å². The maximum atomic E-state index is 13.7. The van der Waals surface area contributed by atoms with Gasteiger partial charge in [-0.15, -0.1) is 0 Å². The molecule has 0 aliphatic rings. The Kier molecular flexibility index (Phi) is 5.92. The largest absolute Gasteiger partial charge is 0.344 e. The van der Waals surface area contributed by atoms with Gasteiger partial charge in [-0.3, -0.25) is 14.6 Å². The van der Waals surface area contributed by atoms with E-state index in [-0.39, 0.29) is 17.3 Å². The van der Waals surface area contributed by atoms with Crippen molar-refractivity contribution in [2.45, 2.75) is 13.0 Å². The summed E-state index contributed by atoms with van der Waals surface area (Å²) in [4.78, 5) is 28.7. The molecule has 1 unspecified atom stereocenters. The topological polar surface area (TPSA) is 71.1 Å². The number of nitrogens with one attached hydrogen (secondary N) is 2. The summed E-state index contributed by atoms with van der Waals surface area (Å²) >= 11 is 0. The third-order valence-corrected chi connectivity index (χ3v) is 4.19. The fourth-order valence-corrected chi connectivity index (χ4v) is 2.61. The Balaban J connectivity index is 1.74. The number of halogens is 3. The highest BCUT2D eigenvalue weighted by atomic mass is 19.2. The Morgan fingerprint density at radius 1 is 0.931 bits per heavy atom. The lowest BCUT2D eigenvalue weighted by Gasteiger charge is -2.14. The first-order valence-corrected chi connectivity index (χ1v) is 8.63. The lowest BCUT2D eigenvalue weighted by molar-refractivity contribution is 0.0935. The highest BCUT2D eigenvalue weighted by molar-refractivity contribution is 6.05. The maximum absolute atomic E-state index is 13.7. The number of rotatable bonds is 5. The van der Waals surface area contributed by atoms with Gasteiger partial charge in [0.15, 0.2) is 17.5 Å². The molecule has 0 spiro atoms. The minimum atomic E-state index is -1.69. The molecule has 1 atom stereocenters. The Bertz CT molecular complexity index is 1060. The molecule has 2 amide bonds. The first-order chi connectivity index (χ1) is 13.9. The van der Waals surface area contributed by atoms with Crippen molar-refractivity contribution in [3.8, 4) is 0 Å². The van der Waals surface area contributed by atoms with Gasteiger partial charge in [-0.1, -0.05) is 30.3 Å². The third-order valence-electron chi connectivity index (χ3n) is 4.19. The van der Waals surface area contributed by atoms with Gasteiger partial charge < -0.3 is 10.6 Å². The molecular formula is C21H16F3N3O2. The number of hydrogen-bond donors (Lipinski definition) is 2. The number of benzene rings is 2. The van der Waals surface area contributed by atoms with Crippen molar-refractivity contribution in [3.05, 3.63) is 95.1 Å². The van der Waals surface area contributed by atoms with Crippen molar-refractivity contribution >= 4 is 17.5 Å². The first kappa shape index (κ1) is 20.1. The average Bonchev–Trinajstić information content (AvgIpc) is 2.74. The van der Waals surface area contributed by atoms with Crippen molar-refractivity contribution in [2.24, 2.45) is 0 Å². The number of amides is 2. The van der Waals surface area contributed by atoms with E-state index in [1.807, 2.05) is 30.3 Å². The molecule has 5 nitrogen and oxygen atoms in total. The molecule has 29 heavy (non-hydrogen) atoms. The Labute approximate surface area is 164 Å². The maximum Gasteiger partial charge on any atom is 0.270 e. The van der Waals surface area contributed by atoms with Crippen LogP contribution in [0, 0.1) is 17.5 Å². The fourth-order valence-electron chi connectivity index (χ4n) is 2.61. The normalized spacial score (nSPS) is 11.6. The molecule has 0 saturated heterocycles. The SMILES string of the molecule is CC(NC(=O)c1cc(C(=O)Nc2ccc(F)c(F)c2F)ccn1)c1ccccc1. The molecule has 0 fully saturated rings. The fraction of sp³-hybridized carbons (Fsp3) is 0.0952. The molecule has 148 valence electrons. The van der Waals surface area contributed by atoms with Crippen LogP contribution < -0.4 is 10.6 Å². The van der Waals surface area contributed by atoms with Crippen LogP contribution >= 0.6 is 0 Å². The predicted octanol–water partition coefficient (Wildman–Crippen LogP) is 4.24. The smallest absolute Gasteiger partial charge is 0.270 e. The van der Waals surface area contributed by atoms with Crippen molar-refractivity contribution in [3.63, 3.8) is 0 Å². The molecule has 0 radical (unpaired) electrons. The summed E-state index contributed by atoms with van der Waals surface area (Å²) in [6.07, 6.45) is 1.25. The molecule has 1 aromatic heterocycles. The Morgan fingerprint density at radius 2 is 1.66 bits per heavy atom. The zero-order valence-corrected chi connectivity index (χ0v) is 15.2. The van der Waals surface area contributed by atoms with Gasteiger partial charge in [-0.2, -0.15) is 0 Å². The highest BCUT2D eigenvalue weighted by Crippen LogP contribution is 2.20. The quantitative estimate of drug-likeness (QED) is 0.631. The number of carbonyl (C=O) groups is 2. The van der Waals surface area contributed by atoms with Crippen LogP contribution in [0.4, 0.5) is 18.9 Å². The molecule has 0 aliphatic carbocycles. The van der Waals surface area contributed by atoms with Gasteiger partial charge in [0.2, 0.25) is 0 Å². The van der Waals surface area contributed by atoms with Crippen molar-refractivity contribution in [2.75, 3.05) is 5.32 Å². The molecule has 3 aromatic rings. The molecule has 0 saturated carbocycles. The zero-order valence-electron chi connectivity index (χ0n) is 15.2. The molecule has 2 N–H and O–H groups in total. The second kappa shape index (κ2) is 8.55. The van der Waals surface area contributed by atoms with Gasteiger partial charge in [0, 0.05) is 11.8 Å². The molecule has 1 heterocycles. The number of hydrogen-bond acceptors (Lipinski definition) is 3. The van der Waals surface area contributed by atoms with E-state index in [0.29, 0.717) is 6.07 Å². The average molecular weight is 399 g/mol. The van der Waals surface area contributed by atoms with E-state index in [0.717, 1.165) is 11.6 Å². The standard InChI is InChI=1S/C21H16F3N3O2/c1-12(13-5-3-2-4-6-13)26-21(29)17-11-14(9-10-25-17)20(28)27-16-8-7-15(22)18(23)19(16)24/h2-12H,1H3,(H,26,29)(H,27,28). The summed E-state index contributed by atoms with van der Waals surface area (Å²) in [5.41, 5.74) is 0.353. The second-order valence-electron chi connectivity index (χ2n) is 6.21. The number of aromatic nitrogens is 1. The van der Waals surface area contributed by atoms with Gasteiger partial charge in [0.25, 0.3) is 11.8 Å². The van der Waals surface area contributed by atoms with Crippen molar-refractivity contribution < 1.29 is 22.8 Å². The van der Waals surface area contributed by atoms with Gasteiger partial charge in [0.05, 0.1) is 11.7 Å². The highest BCUT2D eigenvalue weighted by Gasteiger charge is 2.18. The molecule has 2 aromatic carbocycles. The summed E-state index contributed by atoms with van der Waals surface area (Å²) in [5.74, 6) is -5.87. The minimum Gasteiger partial charge on any atom is -0.344 e. The van der Waals surface area contributed by atoms with Crippen LogP contribution in [0.15, 0.2) is 60.8 Å². The van der Waals surface area contributed by atoms with E-state index in [4.69, 9.17) is 0 Å². The summed E-state index contributed by atoms with van der Waals surface area (Å²) in [7, 11) is 0. The van der Waals surface area contributed by atoms with Crippen LogP contribution in [0.3, 0.4) is 0 Å². The van der Waals surface area contributed by atoms with Crippen LogP contribution in [0.25, 0.3) is 0 Å². The summed E-state index contributed by atoms with van der Waals surface area (Å²) in [6.45, 7) is 1.80. The molecule has 8 heteroatoms. The number of pyridine rings is 1. The second-order valence-corrected chi connectivity index (χ2v) is 6.21. The Hall–Kier alpha value is -3.68. The zero-order chi connectivity index (χ0) is 21.0.